The number of hydrogen-bond donors (Lipinski definition) is 1. The summed E-state index contributed by atoms with van der Waals surface area (Å²) in [5.41, 5.74) is 0.511. The molecule has 0 aliphatic carbocycles. The van der Waals surface area contributed by atoms with Crippen LogP contribution in [0.15, 0.2) is 21.6 Å². The summed E-state index contributed by atoms with van der Waals surface area (Å²) in [6, 6.07) is 0. The molecule has 1 aliphatic rings. The molecule has 0 amide bonds. The fourth-order valence-corrected chi connectivity index (χ4v) is 2.38. The Hall–Kier alpha value is -0.810. The van der Waals surface area contributed by atoms with Crippen molar-refractivity contribution in [3.05, 3.63) is 27.7 Å². The fourth-order valence-electron chi connectivity index (χ4n) is 0.896. The lowest BCUT2D eigenvalue weighted by atomic mass is 10.3. The first-order valence-electron chi connectivity index (χ1n) is 2.95. The highest BCUT2D eigenvalue weighted by Gasteiger charge is 2.12. The van der Waals surface area contributed by atoms with E-state index in [2.05, 4.69) is 9.97 Å². The maximum atomic E-state index is 11.1. The smallest absolute Gasteiger partial charge is 0.259 e. The number of rotatable bonds is 0. The lowest BCUT2D eigenvalue weighted by molar-refractivity contribution is 1.01. The third-order valence-corrected chi connectivity index (χ3v) is 3.30. The maximum Gasteiger partial charge on any atom is 0.259 e. The summed E-state index contributed by atoms with van der Waals surface area (Å²) in [6.45, 7) is 0. The number of fused-ring (bicyclic) bond motifs is 1. The molecule has 0 bridgehead atoms. The van der Waals surface area contributed by atoms with Gasteiger partial charge in [0.2, 0.25) is 0 Å². The van der Waals surface area contributed by atoms with Crippen LogP contribution in [0, 0.1) is 0 Å². The summed E-state index contributed by atoms with van der Waals surface area (Å²) in [5, 5.41) is 2.55. The zero-order valence-electron chi connectivity index (χ0n) is 5.40. The van der Waals surface area contributed by atoms with E-state index in [1.807, 2.05) is 5.41 Å². The van der Waals surface area contributed by atoms with Crippen molar-refractivity contribution in [3.8, 4) is 0 Å². The van der Waals surface area contributed by atoms with Crippen LogP contribution in [0.25, 0.3) is 6.08 Å². The SMILES string of the molecule is O=c1[nH]cnc2c1C=CS2=S. The van der Waals surface area contributed by atoms with Crippen LogP contribution in [0.4, 0.5) is 0 Å². The average molecular weight is 184 g/mol. The van der Waals surface area contributed by atoms with Crippen molar-refractivity contribution in [3.63, 3.8) is 0 Å². The van der Waals surface area contributed by atoms with E-state index in [4.69, 9.17) is 11.2 Å². The lowest BCUT2D eigenvalue weighted by Gasteiger charge is -1.93. The molecule has 1 aromatic rings. The number of aromatic nitrogens is 2. The Morgan fingerprint density at radius 2 is 2.45 bits per heavy atom. The van der Waals surface area contributed by atoms with Crippen LogP contribution < -0.4 is 5.56 Å². The van der Waals surface area contributed by atoms with Crippen LogP contribution in [-0.2, 0) is 20.6 Å². The Morgan fingerprint density at radius 3 is 3.18 bits per heavy atom. The minimum atomic E-state index is -0.386. The van der Waals surface area contributed by atoms with Gasteiger partial charge in [-0.15, -0.1) is 0 Å². The first kappa shape index (κ1) is 6.87. The first-order valence-corrected chi connectivity index (χ1v) is 5.17. The lowest BCUT2D eigenvalue weighted by Crippen LogP contribution is -2.10. The van der Waals surface area contributed by atoms with Gasteiger partial charge in [-0.2, -0.15) is 0 Å². The van der Waals surface area contributed by atoms with Crippen molar-refractivity contribution in [1.29, 1.82) is 0 Å². The molecule has 0 saturated heterocycles. The van der Waals surface area contributed by atoms with E-state index < -0.39 is 0 Å². The largest absolute Gasteiger partial charge is 0.313 e. The van der Waals surface area contributed by atoms with E-state index in [-0.39, 0.29) is 15.0 Å². The Kier molecular flexibility index (Phi) is 1.47. The number of hydrogen-bond acceptors (Lipinski definition) is 3. The number of nitrogens with zero attached hydrogens (tertiary/aromatic N) is 1. The van der Waals surface area contributed by atoms with E-state index >= 15 is 0 Å². The zero-order chi connectivity index (χ0) is 7.84. The van der Waals surface area contributed by atoms with E-state index in [9.17, 15) is 4.79 Å². The highest BCUT2D eigenvalue weighted by Crippen LogP contribution is 2.16. The molecule has 2 rings (SSSR count). The highest BCUT2D eigenvalue weighted by atomic mass is 32.8. The van der Waals surface area contributed by atoms with Crippen LogP contribution in [0.3, 0.4) is 0 Å². The van der Waals surface area contributed by atoms with Gasteiger partial charge in [0.1, 0.15) is 5.03 Å². The van der Waals surface area contributed by atoms with E-state index in [1.54, 1.807) is 6.08 Å². The molecule has 1 unspecified atom stereocenters. The van der Waals surface area contributed by atoms with Crippen LogP contribution >= 0.6 is 0 Å². The van der Waals surface area contributed by atoms with Gasteiger partial charge in [0.25, 0.3) is 5.56 Å². The number of H-pyrrole nitrogens is 1. The van der Waals surface area contributed by atoms with Gasteiger partial charge in [-0.3, -0.25) is 4.79 Å². The highest BCUT2D eigenvalue weighted by molar-refractivity contribution is 8.30. The summed E-state index contributed by atoms with van der Waals surface area (Å²) in [7, 11) is -0.386. The Morgan fingerprint density at radius 1 is 1.64 bits per heavy atom. The summed E-state index contributed by atoms with van der Waals surface area (Å²) in [6.07, 6.45) is 3.12. The second kappa shape index (κ2) is 2.35. The minimum Gasteiger partial charge on any atom is -0.313 e. The van der Waals surface area contributed by atoms with Gasteiger partial charge < -0.3 is 4.98 Å². The summed E-state index contributed by atoms with van der Waals surface area (Å²) in [4.78, 5) is 17.6. The van der Waals surface area contributed by atoms with Gasteiger partial charge >= 0.3 is 0 Å². The normalized spacial score (nSPS) is 20.2. The second-order valence-corrected chi connectivity index (χ2v) is 4.38. The monoisotopic (exact) mass is 184 g/mol. The summed E-state index contributed by atoms with van der Waals surface area (Å²) < 4.78 is 0. The van der Waals surface area contributed by atoms with Gasteiger partial charge in [-0.05, 0) is 32.1 Å². The van der Waals surface area contributed by atoms with Crippen LogP contribution in [0.1, 0.15) is 5.56 Å². The topological polar surface area (TPSA) is 45.8 Å². The number of nitrogens with one attached hydrogen (secondary N) is 1. The Balaban J connectivity index is 2.84. The van der Waals surface area contributed by atoms with E-state index in [1.165, 1.54) is 6.33 Å². The molecule has 1 aliphatic heterocycles. The fraction of sp³-hybridized carbons (Fsp3) is 0. The second-order valence-electron chi connectivity index (χ2n) is 2.05. The third kappa shape index (κ3) is 0.965. The third-order valence-electron chi connectivity index (χ3n) is 1.40. The first-order chi connectivity index (χ1) is 5.29. The molecule has 0 saturated carbocycles. The van der Waals surface area contributed by atoms with Crippen molar-refractivity contribution in [1.82, 2.24) is 9.97 Å². The van der Waals surface area contributed by atoms with Gasteiger partial charge in [0.15, 0.2) is 0 Å². The molecule has 0 spiro atoms. The molecule has 0 fully saturated rings. The molecule has 11 heavy (non-hydrogen) atoms. The van der Waals surface area contributed by atoms with Crippen LogP contribution in [-0.4, -0.2) is 9.97 Å². The van der Waals surface area contributed by atoms with E-state index in [0.717, 1.165) is 5.03 Å². The molecule has 0 radical (unpaired) electrons. The molecule has 0 aromatic carbocycles. The zero-order valence-corrected chi connectivity index (χ0v) is 7.04. The molecule has 56 valence electrons. The van der Waals surface area contributed by atoms with Crippen molar-refractivity contribution in [2.24, 2.45) is 0 Å². The summed E-state index contributed by atoms with van der Waals surface area (Å²) >= 11 is 5.04. The van der Waals surface area contributed by atoms with Crippen molar-refractivity contribution >= 4 is 26.7 Å². The van der Waals surface area contributed by atoms with Crippen LogP contribution in [0.2, 0.25) is 0 Å². The molecule has 1 N–H and O–H groups in total. The molecule has 2 heterocycles. The molecule has 1 aromatic heterocycles. The number of aromatic amines is 1. The van der Waals surface area contributed by atoms with Crippen LogP contribution in [0.5, 0.6) is 0 Å². The van der Waals surface area contributed by atoms with Crippen molar-refractivity contribution in [2.45, 2.75) is 5.03 Å². The van der Waals surface area contributed by atoms with Crippen molar-refractivity contribution in [2.75, 3.05) is 0 Å². The van der Waals surface area contributed by atoms with Crippen molar-refractivity contribution < 1.29 is 0 Å². The molecular weight excluding hydrogens is 180 g/mol. The average Bonchev–Trinajstić information content (AvgIpc) is 2.35. The molecule has 3 nitrogen and oxygen atoms in total. The maximum absolute atomic E-state index is 11.1. The standard InChI is InChI=1S/C6H4N2OS2/c9-5-4-1-2-11(10)6(4)8-3-7-5/h1-3H,(H,7,8,9). The summed E-state index contributed by atoms with van der Waals surface area (Å²) in [5.74, 6) is 0. The van der Waals surface area contributed by atoms with Gasteiger partial charge in [0, 0.05) is 0 Å². The Bertz CT molecular complexity index is 407. The van der Waals surface area contributed by atoms with Gasteiger partial charge in [-0.25, -0.2) is 4.98 Å². The minimum absolute atomic E-state index is 0.105. The molecule has 1 atom stereocenters. The van der Waals surface area contributed by atoms with E-state index in [0.29, 0.717) is 5.56 Å². The predicted molar refractivity (Wildman–Crippen MR) is 46.9 cm³/mol. The predicted octanol–water partition coefficient (Wildman–Crippen LogP) is 0.193. The van der Waals surface area contributed by atoms with Gasteiger partial charge in [0.05, 0.1) is 11.9 Å². The molecular formula is C6H4N2OS2. The Labute approximate surface area is 69.8 Å². The quantitative estimate of drug-likeness (QED) is 0.586. The molecule has 5 heteroatoms. The van der Waals surface area contributed by atoms with Gasteiger partial charge in [-0.1, -0.05) is 0 Å².